The fourth-order valence-electron chi connectivity index (χ4n) is 2.56. The van der Waals surface area contributed by atoms with Crippen LogP contribution in [0.4, 0.5) is 5.95 Å². The SMILES string of the molecule is CCC1(C)Cc2c(sc3nc(NN)n(C)c(=O)c23)CO1.Cl. The van der Waals surface area contributed by atoms with Crippen molar-refractivity contribution in [2.75, 3.05) is 5.43 Å². The Kier molecular flexibility index (Phi) is 4.30. The van der Waals surface area contributed by atoms with Gasteiger partial charge in [0.05, 0.1) is 17.6 Å². The third-order valence-corrected chi connectivity index (χ3v) is 5.19. The van der Waals surface area contributed by atoms with E-state index in [1.54, 1.807) is 7.05 Å². The molecule has 3 heterocycles. The molecule has 1 atom stereocenters. The molecule has 2 aromatic rings. The molecular formula is C13H19ClN4O2S. The lowest BCUT2D eigenvalue weighted by atomic mass is 9.90. The summed E-state index contributed by atoms with van der Waals surface area (Å²) in [5.74, 6) is 5.78. The van der Waals surface area contributed by atoms with Crippen molar-refractivity contribution >= 4 is 39.9 Å². The minimum Gasteiger partial charge on any atom is -0.369 e. The smallest absolute Gasteiger partial charge is 0.263 e. The summed E-state index contributed by atoms with van der Waals surface area (Å²) in [6, 6.07) is 0. The van der Waals surface area contributed by atoms with Crippen LogP contribution in [0.15, 0.2) is 4.79 Å². The van der Waals surface area contributed by atoms with Crippen molar-refractivity contribution in [2.24, 2.45) is 12.9 Å². The second-order valence-corrected chi connectivity index (χ2v) is 6.48. The maximum atomic E-state index is 12.5. The summed E-state index contributed by atoms with van der Waals surface area (Å²) >= 11 is 1.52. The number of fused-ring (bicyclic) bond motifs is 3. The number of aromatic nitrogens is 2. The molecule has 2 aromatic heterocycles. The van der Waals surface area contributed by atoms with Gasteiger partial charge in [-0.1, -0.05) is 6.92 Å². The summed E-state index contributed by atoms with van der Waals surface area (Å²) in [4.78, 5) is 18.8. The van der Waals surface area contributed by atoms with Gasteiger partial charge in [0.2, 0.25) is 5.95 Å². The number of anilines is 1. The summed E-state index contributed by atoms with van der Waals surface area (Å²) in [5.41, 5.74) is 3.31. The molecule has 0 bridgehead atoms. The highest BCUT2D eigenvalue weighted by Crippen LogP contribution is 2.38. The summed E-state index contributed by atoms with van der Waals surface area (Å²) in [5, 5.41) is 0.717. The van der Waals surface area contributed by atoms with Crippen molar-refractivity contribution in [3.63, 3.8) is 0 Å². The van der Waals surface area contributed by atoms with Gasteiger partial charge in [-0.05, 0) is 18.9 Å². The van der Waals surface area contributed by atoms with E-state index in [2.05, 4.69) is 24.3 Å². The predicted molar refractivity (Wildman–Crippen MR) is 87.1 cm³/mol. The van der Waals surface area contributed by atoms with Crippen LogP contribution in [0, 0.1) is 0 Å². The van der Waals surface area contributed by atoms with Gasteiger partial charge < -0.3 is 4.74 Å². The number of rotatable bonds is 2. The standard InChI is InChI=1S/C13H18N4O2S.ClH/c1-4-13(2)5-7-8(6-19-13)20-10-9(7)11(18)17(3)12(15-10)16-14;/h4-6,14H2,1-3H3,(H,15,16);1H. The largest absolute Gasteiger partial charge is 0.369 e. The van der Waals surface area contributed by atoms with E-state index in [-0.39, 0.29) is 23.6 Å². The van der Waals surface area contributed by atoms with E-state index in [1.807, 2.05) is 0 Å². The second kappa shape index (κ2) is 5.57. The molecular weight excluding hydrogens is 312 g/mol. The lowest BCUT2D eigenvalue weighted by Gasteiger charge is -2.32. The van der Waals surface area contributed by atoms with Crippen molar-refractivity contribution in [1.82, 2.24) is 9.55 Å². The summed E-state index contributed by atoms with van der Waals surface area (Å²) < 4.78 is 7.38. The van der Waals surface area contributed by atoms with Gasteiger partial charge in [-0.2, -0.15) is 0 Å². The molecule has 0 aliphatic carbocycles. The predicted octanol–water partition coefficient (Wildman–Crippen LogP) is 1.94. The highest BCUT2D eigenvalue weighted by molar-refractivity contribution is 7.18. The highest BCUT2D eigenvalue weighted by Gasteiger charge is 2.33. The van der Waals surface area contributed by atoms with Crippen molar-refractivity contribution in [3.8, 4) is 0 Å². The third-order valence-electron chi connectivity index (χ3n) is 4.10. The van der Waals surface area contributed by atoms with Gasteiger partial charge in [0.1, 0.15) is 4.83 Å². The topological polar surface area (TPSA) is 82.2 Å². The third kappa shape index (κ3) is 2.44. The average molecular weight is 331 g/mol. The van der Waals surface area contributed by atoms with Crippen LogP contribution < -0.4 is 16.8 Å². The zero-order valence-electron chi connectivity index (χ0n) is 12.2. The first-order valence-corrected chi connectivity index (χ1v) is 7.42. The van der Waals surface area contributed by atoms with Crippen molar-refractivity contribution in [1.29, 1.82) is 0 Å². The van der Waals surface area contributed by atoms with E-state index >= 15 is 0 Å². The summed E-state index contributed by atoms with van der Waals surface area (Å²) in [7, 11) is 1.67. The number of halogens is 1. The van der Waals surface area contributed by atoms with E-state index in [1.165, 1.54) is 15.9 Å². The Balaban J connectivity index is 0.00000161. The number of nitrogens with two attached hydrogens (primary N) is 1. The van der Waals surface area contributed by atoms with Gasteiger partial charge in [0.25, 0.3) is 5.56 Å². The minimum atomic E-state index is -0.198. The van der Waals surface area contributed by atoms with Crippen LogP contribution in [0.1, 0.15) is 30.7 Å². The van der Waals surface area contributed by atoms with Crippen LogP contribution in [0.2, 0.25) is 0 Å². The fraction of sp³-hybridized carbons (Fsp3) is 0.538. The maximum Gasteiger partial charge on any atom is 0.263 e. The van der Waals surface area contributed by atoms with Gasteiger partial charge >= 0.3 is 0 Å². The molecule has 1 aliphatic heterocycles. The van der Waals surface area contributed by atoms with Gasteiger partial charge in [-0.3, -0.25) is 14.8 Å². The van der Waals surface area contributed by atoms with E-state index in [0.29, 0.717) is 12.6 Å². The molecule has 21 heavy (non-hydrogen) atoms. The molecule has 0 radical (unpaired) electrons. The monoisotopic (exact) mass is 330 g/mol. The van der Waals surface area contributed by atoms with Gasteiger partial charge in [-0.15, -0.1) is 23.7 Å². The van der Waals surface area contributed by atoms with Crippen molar-refractivity contribution in [2.45, 2.75) is 38.9 Å². The first-order chi connectivity index (χ1) is 9.49. The van der Waals surface area contributed by atoms with Gasteiger partial charge in [0.15, 0.2) is 0 Å². The van der Waals surface area contributed by atoms with Crippen LogP contribution in [-0.4, -0.2) is 15.2 Å². The number of ether oxygens (including phenoxy) is 1. The number of thiophene rings is 1. The van der Waals surface area contributed by atoms with E-state index < -0.39 is 0 Å². The Labute approximate surface area is 132 Å². The number of nitrogen functional groups attached to an aromatic ring is 1. The van der Waals surface area contributed by atoms with Crippen LogP contribution in [0.5, 0.6) is 0 Å². The Morgan fingerprint density at radius 2 is 2.29 bits per heavy atom. The zero-order chi connectivity index (χ0) is 14.5. The highest BCUT2D eigenvalue weighted by atomic mass is 35.5. The van der Waals surface area contributed by atoms with E-state index in [0.717, 1.165) is 33.5 Å². The number of hydrogen-bond donors (Lipinski definition) is 2. The maximum absolute atomic E-state index is 12.5. The second-order valence-electron chi connectivity index (χ2n) is 5.40. The molecule has 0 saturated heterocycles. The molecule has 0 fully saturated rings. The molecule has 0 amide bonds. The number of hydrazine groups is 1. The molecule has 8 heteroatoms. The van der Waals surface area contributed by atoms with Crippen LogP contribution in [-0.2, 0) is 24.8 Å². The Morgan fingerprint density at radius 1 is 1.57 bits per heavy atom. The molecule has 3 rings (SSSR count). The molecule has 3 N–H and O–H groups in total. The zero-order valence-corrected chi connectivity index (χ0v) is 13.9. The normalized spacial score (nSPS) is 21.0. The Hall–Kier alpha value is -1.15. The molecule has 0 saturated carbocycles. The lowest BCUT2D eigenvalue weighted by molar-refractivity contribution is -0.0543. The molecule has 116 valence electrons. The molecule has 1 aliphatic rings. The number of nitrogens with zero attached hydrogens (tertiary/aromatic N) is 2. The van der Waals surface area contributed by atoms with E-state index in [4.69, 9.17) is 10.6 Å². The van der Waals surface area contributed by atoms with Crippen LogP contribution in [0.3, 0.4) is 0 Å². The number of hydrogen-bond acceptors (Lipinski definition) is 6. The first kappa shape index (κ1) is 16.2. The summed E-state index contributed by atoms with van der Waals surface area (Å²) in [6.07, 6.45) is 1.67. The quantitative estimate of drug-likeness (QED) is 0.649. The molecule has 0 spiro atoms. The minimum absolute atomic E-state index is 0. The number of nitrogens with one attached hydrogen (secondary N) is 1. The van der Waals surface area contributed by atoms with Crippen molar-refractivity contribution < 1.29 is 4.74 Å². The van der Waals surface area contributed by atoms with Gasteiger partial charge in [-0.25, -0.2) is 10.8 Å². The van der Waals surface area contributed by atoms with E-state index in [9.17, 15) is 4.79 Å². The average Bonchev–Trinajstić information content (AvgIpc) is 2.80. The van der Waals surface area contributed by atoms with Gasteiger partial charge in [0, 0.05) is 18.3 Å². The molecule has 1 unspecified atom stereocenters. The van der Waals surface area contributed by atoms with Crippen LogP contribution in [0.25, 0.3) is 10.2 Å². The van der Waals surface area contributed by atoms with Crippen LogP contribution >= 0.6 is 23.7 Å². The first-order valence-electron chi connectivity index (χ1n) is 6.61. The van der Waals surface area contributed by atoms with Crippen molar-refractivity contribution in [3.05, 3.63) is 20.8 Å². The molecule has 0 aromatic carbocycles. The fourth-order valence-corrected chi connectivity index (χ4v) is 3.65. The Morgan fingerprint density at radius 3 is 2.90 bits per heavy atom. The molecule has 6 nitrogen and oxygen atoms in total. The lowest BCUT2D eigenvalue weighted by Crippen LogP contribution is -2.34. The summed E-state index contributed by atoms with van der Waals surface area (Å²) in [6.45, 7) is 4.74. The Bertz CT molecular complexity index is 742.